The molecule has 1 aliphatic rings. The van der Waals surface area contributed by atoms with Crippen LogP contribution in [0, 0.1) is 5.82 Å². The van der Waals surface area contributed by atoms with Crippen LogP contribution in [0.25, 0.3) is 11.1 Å². The maximum absolute atomic E-state index is 13.7. The fraction of sp³-hybridized carbons (Fsp3) is 0.214. The maximum Gasteiger partial charge on any atom is 0.131 e. The third kappa shape index (κ3) is 2.06. The van der Waals surface area contributed by atoms with Gasteiger partial charge in [-0.25, -0.2) is 4.39 Å². The molecule has 1 aliphatic carbocycles. The average molecular weight is 263 g/mol. The Morgan fingerprint density at radius 3 is 2.72 bits per heavy atom. The number of nitrogen functional groups attached to an aromatic ring is 1. The highest BCUT2D eigenvalue weighted by molar-refractivity contribution is 6.30. The van der Waals surface area contributed by atoms with E-state index in [1.807, 2.05) is 0 Å². The molecular formula is C14H12ClFN2. The van der Waals surface area contributed by atoms with E-state index in [1.165, 1.54) is 12.1 Å². The first-order chi connectivity index (χ1) is 8.65. The highest BCUT2D eigenvalue weighted by atomic mass is 35.5. The third-order valence-electron chi connectivity index (χ3n) is 3.15. The zero-order valence-electron chi connectivity index (χ0n) is 9.66. The summed E-state index contributed by atoms with van der Waals surface area (Å²) in [6, 6.07) is 6.23. The van der Waals surface area contributed by atoms with Gasteiger partial charge in [-0.2, -0.15) is 0 Å². The third-order valence-corrected chi connectivity index (χ3v) is 3.39. The van der Waals surface area contributed by atoms with Crippen LogP contribution >= 0.6 is 11.6 Å². The van der Waals surface area contributed by atoms with Gasteiger partial charge in [0.05, 0.1) is 11.4 Å². The summed E-state index contributed by atoms with van der Waals surface area (Å²) in [5, 5.41) is 0.497. The molecule has 0 amide bonds. The van der Waals surface area contributed by atoms with Gasteiger partial charge in [0.2, 0.25) is 0 Å². The van der Waals surface area contributed by atoms with Crippen LogP contribution in [0.15, 0.2) is 30.5 Å². The Labute approximate surface area is 110 Å². The highest BCUT2D eigenvalue weighted by Gasteiger charge is 2.27. The standard InChI is InChI=1S/C14H12ClFN2/c15-10-3-4-12(16)11(6-10)9-5-13(17)14(18-7-9)8-1-2-8/h3-8H,1-2,17H2. The average Bonchev–Trinajstić information content (AvgIpc) is 3.16. The number of nitrogens with two attached hydrogens (primary N) is 1. The van der Waals surface area contributed by atoms with Crippen molar-refractivity contribution in [3.05, 3.63) is 47.0 Å². The van der Waals surface area contributed by atoms with E-state index < -0.39 is 0 Å². The first-order valence-corrected chi connectivity index (χ1v) is 6.24. The summed E-state index contributed by atoms with van der Waals surface area (Å²) in [6.45, 7) is 0. The molecule has 18 heavy (non-hydrogen) atoms. The summed E-state index contributed by atoms with van der Waals surface area (Å²) >= 11 is 5.88. The van der Waals surface area contributed by atoms with Crippen molar-refractivity contribution in [2.75, 3.05) is 5.73 Å². The normalized spacial score (nSPS) is 14.8. The molecule has 1 fully saturated rings. The monoisotopic (exact) mass is 262 g/mol. The lowest BCUT2D eigenvalue weighted by molar-refractivity contribution is 0.631. The maximum atomic E-state index is 13.7. The Morgan fingerprint density at radius 1 is 1.28 bits per heavy atom. The first-order valence-electron chi connectivity index (χ1n) is 5.86. The first kappa shape index (κ1) is 11.5. The van der Waals surface area contributed by atoms with Crippen molar-refractivity contribution in [3.63, 3.8) is 0 Å². The summed E-state index contributed by atoms with van der Waals surface area (Å²) in [7, 11) is 0. The second-order valence-electron chi connectivity index (χ2n) is 4.60. The lowest BCUT2D eigenvalue weighted by atomic mass is 10.1. The minimum Gasteiger partial charge on any atom is -0.397 e. The van der Waals surface area contributed by atoms with E-state index in [0.29, 0.717) is 27.8 Å². The van der Waals surface area contributed by atoms with E-state index in [4.69, 9.17) is 17.3 Å². The van der Waals surface area contributed by atoms with Crippen molar-refractivity contribution in [1.82, 2.24) is 4.98 Å². The van der Waals surface area contributed by atoms with Crippen LogP contribution in [-0.4, -0.2) is 4.98 Å². The van der Waals surface area contributed by atoms with Gasteiger partial charge in [-0.15, -0.1) is 0 Å². The molecule has 4 heteroatoms. The van der Waals surface area contributed by atoms with Gasteiger partial charge in [-0.3, -0.25) is 4.98 Å². The van der Waals surface area contributed by atoms with Crippen molar-refractivity contribution >= 4 is 17.3 Å². The van der Waals surface area contributed by atoms with Gasteiger partial charge in [-0.1, -0.05) is 11.6 Å². The summed E-state index contributed by atoms with van der Waals surface area (Å²) in [5.41, 5.74) is 8.63. The molecule has 0 spiro atoms. The smallest absolute Gasteiger partial charge is 0.131 e. The van der Waals surface area contributed by atoms with Gasteiger partial charge < -0.3 is 5.73 Å². The van der Waals surface area contributed by atoms with Crippen LogP contribution < -0.4 is 5.73 Å². The van der Waals surface area contributed by atoms with E-state index in [0.717, 1.165) is 18.5 Å². The van der Waals surface area contributed by atoms with Crippen molar-refractivity contribution in [3.8, 4) is 11.1 Å². The molecule has 1 aromatic heterocycles. The molecule has 0 radical (unpaired) electrons. The second-order valence-corrected chi connectivity index (χ2v) is 5.03. The van der Waals surface area contributed by atoms with Gasteiger partial charge in [-0.05, 0) is 37.1 Å². The largest absolute Gasteiger partial charge is 0.397 e. The Kier molecular flexibility index (Phi) is 2.71. The number of rotatable bonds is 2. The topological polar surface area (TPSA) is 38.9 Å². The Balaban J connectivity index is 2.06. The molecule has 1 saturated carbocycles. The molecule has 2 aromatic rings. The second kappa shape index (κ2) is 4.25. The minimum atomic E-state index is -0.320. The predicted octanol–water partition coefficient (Wildman–Crippen LogP) is 4.00. The fourth-order valence-corrected chi connectivity index (χ4v) is 2.23. The van der Waals surface area contributed by atoms with Gasteiger partial charge in [0.25, 0.3) is 0 Å². The van der Waals surface area contributed by atoms with Crippen LogP contribution in [0.3, 0.4) is 0 Å². The number of nitrogens with zero attached hydrogens (tertiary/aromatic N) is 1. The number of hydrogen-bond donors (Lipinski definition) is 1. The number of benzene rings is 1. The molecule has 1 heterocycles. The Morgan fingerprint density at radius 2 is 2.06 bits per heavy atom. The van der Waals surface area contributed by atoms with E-state index in [2.05, 4.69) is 4.98 Å². The van der Waals surface area contributed by atoms with Gasteiger partial charge >= 0.3 is 0 Å². The quantitative estimate of drug-likeness (QED) is 0.888. The fourth-order valence-electron chi connectivity index (χ4n) is 2.06. The molecule has 0 atom stereocenters. The minimum absolute atomic E-state index is 0.320. The lowest BCUT2D eigenvalue weighted by Crippen LogP contribution is -1.97. The van der Waals surface area contributed by atoms with Crippen molar-refractivity contribution in [2.45, 2.75) is 18.8 Å². The number of anilines is 1. The molecule has 1 aromatic carbocycles. The van der Waals surface area contributed by atoms with Crippen molar-refractivity contribution in [1.29, 1.82) is 0 Å². The summed E-state index contributed by atoms with van der Waals surface area (Å²) < 4.78 is 13.7. The van der Waals surface area contributed by atoms with E-state index in [-0.39, 0.29) is 5.82 Å². The highest BCUT2D eigenvalue weighted by Crippen LogP contribution is 2.42. The summed E-state index contributed by atoms with van der Waals surface area (Å²) in [6.07, 6.45) is 3.95. The van der Waals surface area contributed by atoms with Crippen LogP contribution in [0.4, 0.5) is 10.1 Å². The molecule has 3 rings (SSSR count). The van der Waals surface area contributed by atoms with Crippen LogP contribution in [0.1, 0.15) is 24.5 Å². The molecule has 92 valence electrons. The van der Waals surface area contributed by atoms with Crippen LogP contribution in [0.2, 0.25) is 5.02 Å². The zero-order chi connectivity index (χ0) is 12.7. The molecule has 2 N–H and O–H groups in total. The summed E-state index contributed by atoms with van der Waals surface area (Å²) in [5.74, 6) is 0.169. The van der Waals surface area contributed by atoms with Crippen LogP contribution in [0.5, 0.6) is 0 Å². The van der Waals surface area contributed by atoms with Crippen LogP contribution in [-0.2, 0) is 0 Å². The number of pyridine rings is 1. The summed E-state index contributed by atoms with van der Waals surface area (Å²) in [4.78, 5) is 4.35. The van der Waals surface area contributed by atoms with E-state index >= 15 is 0 Å². The number of hydrogen-bond acceptors (Lipinski definition) is 2. The molecular weight excluding hydrogens is 251 g/mol. The van der Waals surface area contributed by atoms with Gasteiger partial charge in [0.15, 0.2) is 0 Å². The van der Waals surface area contributed by atoms with Crippen molar-refractivity contribution < 1.29 is 4.39 Å². The van der Waals surface area contributed by atoms with E-state index in [1.54, 1.807) is 18.3 Å². The SMILES string of the molecule is Nc1cc(-c2cc(Cl)ccc2F)cnc1C1CC1. The number of aromatic nitrogens is 1. The van der Waals surface area contributed by atoms with Gasteiger partial charge in [0, 0.05) is 28.3 Å². The molecule has 0 unspecified atom stereocenters. The number of halogens is 2. The lowest BCUT2D eigenvalue weighted by Gasteiger charge is -2.08. The zero-order valence-corrected chi connectivity index (χ0v) is 10.4. The van der Waals surface area contributed by atoms with Gasteiger partial charge in [0.1, 0.15) is 5.82 Å². The molecule has 0 aliphatic heterocycles. The molecule has 0 saturated heterocycles. The Hall–Kier alpha value is -1.61. The van der Waals surface area contributed by atoms with E-state index in [9.17, 15) is 4.39 Å². The Bertz CT molecular complexity index is 609. The van der Waals surface area contributed by atoms with Crippen molar-refractivity contribution in [2.24, 2.45) is 0 Å². The predicted molar refractivity (Wildman–Crippen MR) is 71.0 cm³/mol. The molecule has 0 bridgehead atoms. The molecule has 2 nitrogen and oxygen atoms in total.